The Kier molecular flexibility index (Phi) is 3.17. The van der Waals surface area contributed by atoms with Gasteiger partial charge in [-0.25, -0.2) is 4.79 Å². The number of hydrogen-bond donors (Lipinski definition) is 2. The van der Waals surface area contributed by atoms with Crippen LogP contribution in [0.5, 0.6) is 0 Å². The molecule has 0 radical (unpaired) electrons. The lowest BCUT2D eigenvalue weighted by molar-refractivity contribution is -0.141. The van der Waals surface area contributed by atoms with Gasteiger partial charge in [-0.05, 0) is 23.9 Å². The molecule has 17 heavy (non-hydrogen) atoms. The van der Waals surface area contributed by atoms with Gasteiger partial charge in [0.2, 0.25) is 0 Å². The first kappa shape index (κ1) is 12.1. The number of likely N-dealkylation sites (tertiary alicyclic amines) is 1. The third kappa shape index (κ3) is 2.18. The zero-order chi connectivity index (χ0) is 12.6. The highest BCUT2D eigenvalue weighted by Crippen LogP contribution is 2.24. The molecule has 0 unspecified atom stereocenters. The summed E-state index contributed by atoms with van der Waals surface area (Å²) in [5.74, 6) is -1.37. The van der Waals surface area contributed by atoms with Gasteiger partial charge >= 0.3 is 5.97 Å². The van der Waals surface area contributed by atoms with Gasteiger partial charge in [0.05, 0.1) is 11.0 Å². The highest BCUT2D eigenvalue weighted by atomic mass is 32.1. The van der Waals surface area contributed by atoms with E-state index in [-0.39, 0.29) is 18.9 Å². The fourth-order valence-corrected chi connectivity index (χ4v) is 2.87. The number of hydrogen-bond acceptors (Lipinski definition) is 4. The van der Waals surface area contributed by atoms with Crippen LogP contribution < -0.4 is 0 Å². The molecule has 1 aliphatic rings. The van der Waals surface area contributed by atoms with Gasteiger partial charge in [-0.2, -0.15) is 0 Å². The topological polar surface area (TPSA) is 77.8 Å². The molecule has 92 valence electrons. The van der Waals surface area contributed by atoms with Crippen molar-refractivity contribution >= 4 is 23.2 Å². The van der Waals surface area contributed by atoms with Crippen LogP contribution >= 0.6 is 11.3 Å². The highest BCUT2D eigenvalue weighted by Gasteiger charge is 2.39. The third-order valence-corrected chi connectivity index (χ3v) is 3.89. The van der Waals surface area contributed by atoms with Crippen molar-refractivity contribution in [3.8, 4) is 0 Å². The number of aryl methyl sites for hydroxylation is 1. The Morgan fingerprint density at radius 3 is 2.76 bits per heavy atom. The first-order valence-electron chi connectivity index (χ1n) is 5.26. The Labute approximate surface area is 102 Å². The third-order valence-electron chi connectivity index (χ3n) is 2.88. The summed E-state index contributed by atoms with van der Waals surface area (Å²) in [7, 11) is 0. The molecule has 6 heteroatoms. The van der Waals surface area contributed by atoms with Crippen LogP contribution in [0.25, 0.3) is 0 Å². The molecular formula is C11H13NO4S. The SMILES string of the molecule is Cc1ccsc1C(=O)N1C[C@@H](O)C[C@H]1C(=O)O. The van der Waals surface area contributed by atoms with Crippen molar-refractivity contribution in [2.24, 2.45) is 0 Å². The molecule has 1 fully saturated rings. The Hall–Kier alpha value is -1.40. The van der Waals surface area contributed by atoms with E-state index in [1.54, 1.807) is 5.38 Å². The van der Waals surface area contributed by atoms with Crippen LogP contribution in [0.4, 0.5) is 0 Å². The molecule has 2 N–H and O–H groups in total. The molecule has 1 saturated heterocycles. The highest BCUT2D eigenvalue weighted by molar-refractivity contribution is 7.12. The summed E-state index contributed by atoms with van der Waals surface area (Å²) in [6, 6.07) is 0.902. The molecule has 0 aliphatic carbocycles. The van der Waals surface area contributed by atoms with E-state index in [1.807, 2.05) is 13.0 Å². The number of carbonyl (C=O) groups excluding carboxylic acids is 1. The summed E-state index contributed by atoms with van der Waals surface area (Å²) < 4.78 is 0. The fraction of sp³-hybridized carbons (Fsp3) is 0.455. The van der Waals surface area contributed by atoms with Crippen molar-refractivity contribution in [3.63, 3.8) is 0 Å². The zero-order valence-corrected chi connectivity index (χ0v) is 10.1. The summed E-state index contributed by atoms with van der Waals surface area (Å²) >= 11 is 1.29. The van der Waals surface area contributed by atoms with Gasteiger partial charge in [-0.1, -0.05) is 0 Å². The summed E-state index contributed by atoms with van der Waals surface area (Å²) in [6.45, 7) is 1.90. The molecule has 0 aromatic carbocycles. The predicted molar refractivity (Wildman–Crippen MR) is 62.1 cm³/mol. The fourth-order valence-electron chi connectivity index (χ4n) is 1.99. The smallest absolute Gasteiger partial charge is 0.326 e. The van der Waals surface area contributed by atoms with Crippen molar-refractivity contribution in [1.29, 1.82) is 0 Å². The van der Waals surface area contributed by atoms with Gasteiger partial charge in [0.25, 0.3) is 5.91 Å². The molecule has 1 amide bonds. The maximum absolute atomic E-state index is 12.2. The normalized spacial score (nSPS) is 24.0. The number of nitrogens with zero attached hydrogens (tertiary/aromatic N) is 1. The number of carbonyl (C=O) groups is 2. The predicted octanol–water partition coefficient (Wildman–Crippen LogP) is 0.717. The molecule has 2 rings (SSSR count). The largest absolute Gasteiger partial charge is 0.480 e. The van der Waals surface area contributed by atoms with E-state index in [9.17, 15) is 14.7 Å². The summed E-state index contributed by atoms with van der Waals surface area (Å²) in [4.78, 5) is 25.0. The zero-order valence-electron chi connectivity index (χ0n) is 9.29. The molecule has 0 spiro atoms. The number of β-amino-alcohol motifs (C(OH)–C–C–N with tert-alkyl or cyclic N) is 1. The van der Waals surface area contributed by atoms with Gasteiger partial charge in [-0.3, -0.25) is 4.79 Å². The molecule has 2 heterocycles. The quantitative estimate of drug-likeness (QED) is 0.816. The van der Waals surface area contributed by atoms with E-state index in [0.29, 0.717) is 4.88 Å². The Bertz CT molecular complexity index is 456. The lowest BCUT2D eigenvalue weighted by Gasteiger charge is -2.20. The number of aliphatic hydroxyl groups is 1. The van der Waals surface area contributed by atoms with Crippen LogP contribution in [-0.4, -0.2) is 45.7 Å². The molecule has 0 bridgehead atoms. The van der Waals surface area contributed by atoms with Gasteiger partial charge in [-0.15, -0.1) is 11.3 Å². The minimum Gasteiger partial charge on any atom is -0.480 e. The number of carboxylic acid groups (broad SMARTS) is 1. The molecule has 5 nitrogen and oxygen atoms in total. The van der Waals surface area contributed by atoms with Crippen molar-refractivity contribution in [2.45, 2.75) is 25.5 Å². The van der Waals surface area contributed by atoms with E-state index >= 15 is 0 Å². The summed E-state index contributed by atoms with van der Waals surface area (Å²) in [5.41, 5.74) is 0.838. The van der Waals surface area contributed by atoms with E-state index in [2.05, 4.69) is 0 Å². The maximum atomic E-state index is 12.2. The van der Waals surface area contributed by atoms with Crippen molar-refractivity contribution in [2.75, 3.05) is 6.54 Å². The number of carboxylic acids is 1. The molecular weight excluding hydrogens is 242 g/mol. The average molecular weight is 255 g/mol. The van der Waals surface area contributed by atoms with Crippen molar-refractivity contribution in [1.82, 2.24) is 4.90 Å². The first-order valence-corrected chi connectivity index (χ1v) is 6.14. The molecule has 2 atom stereocenters. The molecule has 1 aromatic rings. The lowest BCUT2D eigenvalue weighted by atomic mass is 10.2. The second-order valence-electron chi connectivity index (χ2n) is 4.13. The Morgan fingerprint density at radius 2 is 2.24 bits per heavy atom. The summed E-state index contributed by atoms with van der Waals surface area (Å²) in [5, 5.41) is 20.3. The minimum absolute atomic E-state index is 0.0904. The molecule has 1 aromatic heterocycles. The van der Waals surface area contributed by atoms with Gasteiger partial charge < -0.3 is 15.1 Å². The van der Waals surface area contributed by atoms with Gasteiger partial charge in [0.1, 0.15) is 6.04 Å². The summed E-state index contributed by atoms with van der Waals surface area (Å²) in [6.07, 6.45) is -0.647. The molecule has 1 aliphatic heterocycles. The Morgan fingerprint density at radius 1 is 1.53 bits per heavy atom. The van der Waals surface area contributed by atoms with Crippen LogP contribution in [0.3, 0.4) is 0 Å². The number of rotatable bonds is 2. The van der Waals surface area contributed by atoms with E-state index in [1.165, 1.54) is 16.2 Å². The average Bonchev–Trinajstić information content (AvgIpc) is 2.83. The lowest BCUT2D eigenvalue weighted by Crippen LogP contribution is -2.40. The van der Waals surface area contributed by atoms with Crippen LogP contribution in [0.15, 0.2) is 11.4 Å². The van der Waals surface area contributed by atoms with Crippen molar-refractivity contribution < 1.29 is 19.8 Å². The van der Waals surface area contributed by atoms with Crippen LogP contribution in [0.2, 0.25) is 0 Å². The monoisotopic (exact) mass is 255 g/mol. The number of amides is 1. The van der Waals surface area contributed by atoms with Crippen LogP contribution in [0.1, 0.15) is 21.7 Å². The second kappa shape index (κ2) is 4.46. The van der Waals surface area contributed by atoms with Crippen LogP contribution in [-0.2, 0) is 4.79 Å². The Balaban J connectivity index is 2.25. The second-order valence-corrected chi connectivity index (χ2v) is 5.05. The van der Waals surface area contributed by atoms with E-state index in [4.69, 9.17) is 5.11 Å². The number of thiophene rings is 1. The van der Waals surface area contributed by atoms with E-state index < -0.39 is 18.1 Å². The minimum atomic E-state index is -1.07. The standard InChI is InChI=1S/C11H13NO4S/c1-6-2-3-17-9(6)10(14)12-5-7(13)4-8(12)11(15)16/h2-3,7-8,13H,4-5H2,1H3,(H,15,16)/t7-,8-/m0/s1. The van der Waals surface area contributed by atoms with E-state index in [0.717, 1.165) is 5.56 Å². The molecule has 0 saturated carbocycles. The first-order chi connectivity index (χ1) is 8.00. The van der Waals surface area contributed by atoms with Crippen LogP contribution in [0, 0.1) is 6.92 Å². The maximum Gasteiger partial charge on any atom is 0.326 e. The van der Waals surface area contributed by atoms with Gasteiger partial charge in [0, 0.05) is 13.0 Å². The van der Waals surface area contributed by atoms with Gasteiger partial charge in [0.15, 0.2) is 0 Å². The van der Waals surface area contributed by atoms with Crippen molar-refractivity contribution in [3.05, 3.63) is 21.9 Å². The number of aliphatic carboxylic acids is 1. The number of aliphatic hydroxyl groups excluding tert-OH is 1.